The van der Waals surface area contributed by atoms with Crippen LogP contribution in [0, 0.1) is 13.8 Å². The molecular weight excluding hydrogens is 258 g/mol. The molecule has 1 saturated carbocycles. The maximum Gasteiger partial charge on any atom is 0.122 e. The average molecular weight is 281 g/mol. The van der Waals surface area contributed by atoms with Crippen LogP contribution >= 0.6 is 0 Å². The zero-order valence-corrected chi connectivity index (χ0v) is 13.0. The molecule has 1 N–H and O–H groups in total. The van der Waals surface area contributed by atoms with Crippen molar-refractivity contribution < 1.29 is 4.74 Å². The lowest BCUT2D eigenvalue weighted by Crippen LogP contribution is -2.34. The van der Waals surface area contributed by atoms with Gasteiger partial charge in [0.1, 0.15) is 5.75 Å². The van der Waals surface area contributed by atoms with Crippen molar-refractivity contribution in [2.45, 2.75) is 38.6 Å². The fourth-order valence-electron chi connectivity index (χ4n) is 3.10. The van der Waals surface area contributed by atoms with Crippen LogP contribution in [0.25, 0.3) is 0 Å². The minimum absolute atomic E-state index is 0.570. The highest BCUT2D eigenvalue weighted by atomic mass is 16.5. The second-order valence-electron chi connectivity index (χ2n) is 6.07. The monoisotopic (exact) mass is 281 g/mol. The highest BCUT2D eigenvalue weighted by Gasteiger charge is 2.32. The Bertz CT molecular complexity index is 629. The fraction of sp³-hybridized carbons (Fsp3) is 0.368. The first-order chi connectivity index (χ1) is 10.2. The van der Waals surface area contributed by atoms with Crippen LogP contribution in [0.4, 0.5) is 5.69 Å². The molecule has 0 bridgehead atoms. The van der Waals surface area contributed by atoms with E-state index >= 15 is 0 Å². The Labute approximate surface area is 127 Å². The van der Waals surface area contributed by atoms with Gasteiger partial charge in [-0.05, 0) is 61.4 Å². The van der Waals surface area contributed by atoms with E-state index in [1.807, 2.05) is 6.07 Å². The number of aryl methyl sites for hydroxylation is 2. The molecule has 2 heteroatoms. The van der Waals surface area contributed by atoms with Crippen molar-refractivity contribution in [3.63, 3.8) is 0 Å². The average Bonchev–Trinajstić information content (AvgIpc) is 2.46. The van der Waals surface area contributed by atoms with Gasteiger partial charge in [0.2, 0.25) is 0 Å². The van der Waals surface area contributed by atoms with Gasteiger partial charge in [0.05, 0.1) is 7.11 Å². The van der Waals surface area contributed by atoms with Gasteiger partial charge < -0.3 is 10.1 Å². The van der Waals surface area contributed by atoms with Crippen LogP contribution in [-0.4, -0.2) is 13.2 Å². The summed E-state index contributed by atoms with van der Waals surface area (Å²) in [4.78, 5) is 0. The fourth-order valence-corrected chi connectivity index (χ4v) is 3.10. The molecule has 0 amide bonds. The van der Waals surface area contributed by atoms with Crippen molar-refractivity contribution in [1.29, 1.82) is 0 Å². The molecule has 2 aromatic carbocycles. The molecule has 0 saturated heterocycles. The number of rotatable bonds is 4. The molecule has 0 atom stereocenters. The van der Waals surface area contributed by atoms with E-state index in [-0.39, 0.29) is 0 Å². The van der Waals surface area contributed by atoms with Crippen molar-refractivity contribution in [1.82, 2.24) is 0 Å². The standard InChI is InChI=1S/C19H23NO/c1-13-8-9-14(2)18(10-13)20-16-11-15(12-16)17-6-4-5-7-19(17)21-3/h4-10,15-16,20H,11-12H2,1-3H3. The number of para-hydroxylation sites is 1. The van der Waals surface area contributed by atoms with Crippen LogP contribution in [0.2, 0.25) is 0 Å². The van der Waals surface area contributed by atoms with E-state index in [2.05, 4.69) is 55.6 Å². The molecule has 0 aliphatic heterocycles. The van der Waals surface area contributed by atoms with E-state index in [1.54, 1.807) is 7.11 Å². The van der Waals surface area contributed by atoms with Gasteiger partial charge in [0.15, 0.2) is 0 Å². The highest BCUT2D eigenvalue weighted by Crippen LogP contribution is 2.42. The molecule has 21 heavy (non-hydrogen) atoms. The number of anilines is 1. The number of ether oxygens (including phenoxy) is 1. The zero-order chi connectivity index (χ0) is 14.8. The quantitative estimate of drug-likeness (QED) is 0.879. The molecule has 0 spiro atoms. The van der Waals surface area contributed by atoms with E-state index in [4.69, 9.17) is 4.74 Å². The van der Waals surface area contributed by atoms with Gasteiger partial charge in [-0.2, -0.15) is 0 Å². The molecule has 0 radical (unpaired) electrons. The zero-order valence-electron chi connectivity index (χ0n) is 13.0. The van der Waals surface area contributed by atoms with Crippen molar-refractivity contribution >= 4 is 5.69 Å². The van der Waals surface area contributed by atoms with Crippen LogP contribution in [-0.2, 0) is 0 Å². The Morgan fingerprint density at radius 3 is 2.57 bits per heavy atom. The van der Waals surface area contributed by atoms with Gasteiger partial charge in [-0.3, -0.25) is 0 Å². The topological polar surface area (TPSA) is 21.3 Å². The third-order valence-corrected chi connectivity index (χ3v) is 4.47. The summed E-state index contributed by atoms with van der Waals surface area (Å²) in [7, 11) is 1.75. The molecular formula is C19H23NO. The van der Waals surface area contributed by atoms with Gasteiger partial charge in [0.25, 0.3) is 0 Å². The second kappa shape index (κ2) is 5.80. The summed E-state index contributed by atoms with van der Waals surface area (Å²) in [5.74, 6) is 1.64. The first-order valence-corrected chi connectivity index (χ1v) is 7.64. The summed E-state index contributed by atoms with van der Waals surface area (Å²) in [6.45, 7) is 4.31. The SMILES string of the molecule is COc1ccccc1C1CC(Nc2cc(C)ccc2C)C1. The number of benzene rings is 2. The summed E-state index contributed by atoms with van der Waals surface area (Å²) in [6, 6.07) is 15.5. The molecule has 2 nitrogen and oxygen atoms in total. The summed E-state index contributed by atoms with van der Waals surface area (Å²) in [5, 5.41) is 3.68. The van der Waals surface area contributed by atoms with Crippen LogP contribution in [0.15, 0.2) is 42.5 Å². The van der Waals surface area contributed by atoms with Crippen LogP contribution in [0.1, 0.15) is 35.4 Å². The smallest absolute Gasteiger partial charge is 0.122 e. The number of hydrogen-bond donors (Lipinski definition) is 1. The van der Waals surface area contributed by atoms with Crippen molar-refractivity contribution in [3.05, 3.63) is 59.2 Å². The minimum Gasteiger partial charge on any atom is -0.496 e. The third-order valence-electron chi connectivity index (χ3n) is 4.47. The Morgan fingerprint density at radius 1 is 1.05 bits per heavy atom. The van der Waals surface area contributed by atoms with Gasteiger partial charge in [0, 0.05) is 11.7 Å². The first kappa shape index (κ1) is 14.0. The van der Waals surface area contributed by atoms with Gasteiger partial charge >= 0.3 is 0 Å². The molecule has 3 rings (SSSR count). The lowest BCUT2D eigenvalue weighted by atomic mass is 9.75. The Balaban J connectivity index is 1.65. The van der Waals surface area contributed by atoms with Crippen molar-refractivity contribution in [2.24, 2.45) is 0 Å². The van der Waals surface area contributed by atoms with E-state index < -0.39 is 0 Å². The predicted molar refractivity (Wildman–Crippen MR) is 88.3 cm³/mol. The Hall–Kier alpha value is -1.96. The molecule has 0 heterocycles. The summed E-state index contributed by atoms with van der Waals surface area (Å²) < 4.78 is 5.47. The largest absolute Gasteiger partial charge is 0.496 e. The molecule has 110 valence electrons. The molecule has 1 aliphatic rings. The molecule has 1 fully saturated rings. The van der Waals surface area contributed by atoms with Gasteiger partial charge in [-0.15, -0.1) is 0 Å². The summed E-state index contributed by atoms with van der Waals surface area (Å²) in [6.07, 6.45) is 2.35. The molecule has 2 aromatic rings. The van der Waals surface area contributed by atoms with Crippen LogP contribution in [0.3, 0.4) is 0 Å². The van der Waals surface area contributed by atoms with E-state index in [0.717, 1.165) is 5.75 Å². The maximum atomic E-state index is 5.47. The molecule has 0 aromatic heterocycles. The van der Waals surface area contributed by atoms with Crippen molar-refractivity contribution in [2.75, 3.05) is 12.4 Å². The second-order valence-corrected chi connectivity index (χ2v) is 6.07. The highest BCUT2D eigenvalue weighted by molar-refractivity contribution is 5.54. The molecule has 1 aliphatic carbocycles. The number of hydrogen-bond acceptors (Lipinski definition) is 2. The lowest BCUT2D eigenvalue weighted by molar-refractivity contribution is 0.349. The first-order valence-electron chi connectivity index (χ1n) is 7.64. The van der Waals surface area contributed by atoms with Gasteiger partial charge in [-0.1, -0.05) is 30.3 Å². The predicted octanol–water partition coefficient (Wildman–Crippen LogP) is 4.67. The maximum absolute atomic E-state index is 5.47. The normalized spacial score (nSPS) is 20.7. The van der Waals surface area contributed by atoms with E-state index in [0.29, 0.717) is 12.0 Å². The summed E-state index contributed by atoms with van der Waals surface area (Å²) >= 11 is 0. The van der Waals surface area contributed by atoms with Crippen LogP contribution < -0.4 is 10.1 Å². The third kappa shape index (κ3) is 2.90. The Morgan fingerprint density at radius 2 is 1.81 bits per heavy atom. The number of methoxy groups -OCH3 is 1. The lowest BCUT2D eigenvalue weighted by Gasteiger charge is -2.37. The Kier molecular flexibility index (Phi) is 3.87. The number of nitrogens with one attached hydrogen (secondary N) is 1. The van der Waals surface area contributed by atoms with E-state index in [9.17, 15) is 0 Å². The molecule has 0 unspecified atom stereocenters. The van der Waals surface area contributed by atoms with E-state index in [1.165, 1.54) is 35.2 Å². The van der Waals surface area contributed by atoms with Crippen molar-refractivity contribution in [3.8, 4) is 5.75 Å². The summed E-state index contributed by atoms with van der Waals surface area (Å²) in [5.41, 5.74) is 5.25. The minimum atomic E-state index is 0.570. The van der Waals surface area contributed by atoms with Gasteiger partial charge in [-0.25, -0.2) is 0 Å². The van der Waals surface area contributed by atoms with Crippen LogP contribution in [0.5, 0.6) is 5.75 Å².